The van der Waals surface area contributed by atoms with E-state index in [4.69, 9.17) is 16.9 Å². The predicted octanol–water partition coefficient (Wildman–Crippen LogP) is 4.29. The van der Waals surface area contributed by atoms with Gasteiger partial charge in [0, 0.05) is 6.07 Å². The number of benzene rings is 2. The van der Waals surface area contributed by atoms with Gasteiger partial charge in [-0.25, -0.2) is 0 Å². The van der Waals surface area contributed by atoms with Crippen LogP contribution in [0.25, 0.3) is 0 Å². The molecular weight excluding hydrogens is 290 g/mol. The average Bonchev–Trinajstić information content (AvgIpc) is 2.49. The van der Waals surface area contributed by atoms with Crippen molar-refractivity contribution in [2.24, 2.45) is 0 Å². The summed E-state index contributed by atoms with van der Waals surface area (Å²) in [7, 11) is 0. The molecule has 106 valence electrons. The zero-order valence-corrected chi connectivity index (χ0v) is 12.0. The van der Waals surface area contributed by atoms with Gasteiger partial charge in [0.2, 0.25) is 0 Å². The topological polar surface area (TPSA) is 79.0 Å². The number of nitriles is 1. The maximum atomic E-state index is 11.1. The zero-order chi connectivity index (χ0) is 15.4. The molecule has 2 aromatic rings. The van der Waals surface area contributed by atoms with Crippen molar-refractivity contribution in [2.75, 3.05) is 5.32 Å². The first-order chi connectivity index (χ1) is 10.0. The second kappa shape index (κ2) is 6.25. The number of hydrogen-bond acceptors (Lipinski definition) is 4. The van der Waals surface area contributed by atoms with Crippen LogP contribution in [0.1, 0.15) is 24.1 Å². The summed E-state index contributed by atoms with van der Waals surface area (Å²) in [6, 6.07) is 13.1. The van der Waals surface area contributed by atoms with Crippen LogP contribution in [0.2, 0.25) is 5.02 Å². The Kier molecular flexibility index (Phi) is 4.41. The largest absolute Gasteiger partial charge is 0.377 e. The lowest BCUT2D eigenvalue weighted by Gasteiger charge is -2.17. The Labute approximate surface area is 126 Å². The van der Waals surface area contributed by atoms with Gasteiger partial charge < -0.3 is 5.32 Å². The molecule has 1 atom stereocenters. The molecule has 5 nitrogen and oxygen atoms in total. The summed E-state index contributed by atoms with van der Waals surface area (Å²) in [5, 5.41) is 23.5. The number of rotatable bonds is 4. The van der Waals surface area contributed by atoms with Gasteiger partial charge in [-0.15, -0.1) is 0 Å². The number of nitro groups is 1. The van der Waals surface area contributed by atoms with Crippen LogP contribution in [0, 0.1) is 21.4 Å². The fraction of sp³-hybridized carbons (Fsp3) is 0.133. The van der Waals surface area contributed by atoms with E-state index in [0.717, 1.165) is 0 Å². The molecule has 0 bridgehead atoms. The van der Waals surface area contributed by atoms with Gasteiger partial charge in [-0.3, -0.25) is 10.1 Å². The van der Waals surface area contributed by atoms with Gasteiger partial charge >= 0.3 is 0 Å². The minimum Gasteiger partial charge on any atom is -0.377 e. The Morgan fingerprint density at radius 2 is 2.05 bits per heavy atom. The highest BCUT2D eigenvalue weighted by atomic mass is 35.5. The van der Waals surface area contributed by atoms with Gasteiger partial charge in [0.1, 0.15) is 0 Å². The van der Waals surface area contributed by atoms with Crippen LogP contribution in [-0.4, -0.2) is 4.92 Å². The van der Waals surface area contributed by atoms with E-state index in [1.807, 2.05) is 6.07 Å². The predicted molar refractivity (Wildman–Crippen MR) is 81.3 cm³/mol. The van der Waals surface area contributed by atoms with Gasteiger partial charge in [0.15, 0.2) is 0 Å². The van der Waals surface area contributed by atoms with E-state index in [1.165, 1.54) is 6.07 Å². The minimum absolute atomic E-state index is 0.0464. The maximum absolute atomic E-state index is 11.1. The fourth-order valence-electron chi connectivity index (χ4n) is 2.04. The molecule has 6 heteroatoms. The average molecular weight is 302 g/mol. The highest BCUT2D eigenvalue weighted by Gasteiger charge is 2.18. The van der Waals surface area contributed by atoms with Crippen molar-refractivity contribution in [3.63, 3.8) is 0 Å². The summed E-state index contributed by atoms with van der Waals surface area (Å²) in [6.45, 7) is 1.80. The molecule has 0 saturated heterocycles. The third-order valence-electron chi connectivity index (χ3n) is 3.07. The number of hydrogen-bond donors (Lipinski definition) is 1. The molecule has 0 spiro atoms. The lowest BCUT2D eigenvalue weighted by atomic mass is 10.1. The van der Waals surface area contributed by atoms with E-state index < -0.39 is 4.92 Å². The lowest BCUT2D eigenvalue weighted by molar-refractivity contribution is -0.385. The smallest absolute Gasteiger partial charge is 0.274 e. The van der Waals surface area contributed by atoms with Crippen LogP contribution >= 0.6 is 11.6 Å². The summed E-state index contributed by atoms with van der Waals surface area (Å²) >= 11 is 6.08. The van der Waals surface area contributed by atoms with Gasteiger partial charge in [-0.1, -0.05) is 29.8 Å². The molecular formula is C15H12ClN3O2. The quantitative estimate of drug-likeness (QED) is 0.674. The van der Waals surface area contributed by atoms with Crippen molar-refractivity contribution in [1.82, 2.24) is 0 Å². The van der Waals surface area contributed by atoms with Gasteiger partial charge in [-0.2, -0.15) is 5.26 Å². The molecule has 0 fully saturated rings. The number of nitrogens with zero attached hydrogens (tertiary/aromatic N) is 2. The number of nitro benzene ring substituents is 1. The van der Waals surface area contributed by atoms with Gasteiger partial charge in [0.05, 0.1) is 38.9 Å². The molecule has 21 heavy (non-hydrogen) atoms. The molecule has 0 radical (unpaired) electrons. The summed E-state index contributed by atoms with van der Waals surface area (Å²) in [5.74, 6) is 0. The van der Waals surface area contributed by atoms with Crippen LogP contribution in [-0.2, 0) is 0 Å². The molecule has 1 N–H and O–H groups in total. The van der Waals surface area contributed by atoms with E-state index in [9.17, 15) is 10.1 Å². The molecule has 0 saturated carbocycles. The highest BCUT2D eigenvalue weighted by molar-refractivity contribution is 6.33. The molecule has 0 aliphatic heterocycles. The lowest BCUT2D eigenvalue weighted by Crippen LogP contribution is -2.09. The number of anilines is 1. The highest BCUT2D eigenvalue weighted by Crippen LogP contribution is 2.30. The first-order valence-corrected chi connectivity index (χ1v) is 6.60. The van der Waals surface area contributed by atoms with Crippen LogP contribution in [0.15, 0.2) is 42.5 Å². The van der Waals surface area contributed by atoms with Gasteiger partial charge in [0.25, 0.3) is 5.69 Å². The molecule has 0 aliphatic rings. The molecule has 0 aromatic heterocycles. The van der Waals surface area contributed by atoms with Crippen molar-refractivity contribution < 1.29 is 4.92 Å². The summed E-state index contributed by atoms with van der Waals surface area (Å²) in [4.78, 5) is 10.6. The molecule has 0 heterocycles. The van der Waals surface area contributed by atoms with Crippen LogP contribution in [0.3, 0.4) is 0 Å². The summed E-state index contributed by atoms with van der Waals surface area (Å²) in [6.07, 6.45) is 0. The Hall–Kier alpha value is -2.58. The van der Waals surface area contributed by atoms with Crippen molar-refractivity contribution in [3.05, 3.63) is 68.7 Å². The van der Waals surface area contributed by atoms with E-state index in [1.54, 1.807) is 43.3 Å². The van der Waals surface area contributed by atoms with E-state index in [0.29, 0.717) is 21.8 Å². The Morgan fingerprint density at radius 3 is 2.71 bits per heavy atom. The summed E-state index contributed by atoms with van der Waals surface area (Å²) < 4.78 is 0. The second-order valence-corrected chi connectivity index (χ2v) is 4.90. The zero-order valence-electron chi connectivity index (χ0n) is 11.2. The van der Waals surface area contributed by atoms with E-state index in [-0.39, 0.29) is 11.7 Å². The monoisotopic (exact) mass is 301 g/mol. The minimum atomic E-state index is -0.416. The van der Waals surface area contributed by atoms with Crippen molar-refractivity contribution in [1.29, 1.82) is 5.26 Å². The Bertz CT molecular complexity index is 725. The number of para-hydroxylation sites is 1. The molecule has 0 amide bonds. The van der Waals surface area contributed by atoms with Crippen LogP contribution < -0.4 is 5.32 Å². The maximum Gasteiger partial charge on any atom is 0.274 e. The van der Waals surface area contributed by atoms with Crippen LogP contribution in [0.5, 0.6) is 0 Å². The fourth-order valence-corrected chi connectivity index (χ4v) is 2.21. The third kappa shape index (κ3) is 3.30. The van der Waals surface area contributed by atoms with E-state index >= 15 is 0 Å². The molecule has 1 unspecified atom stereocenters. The molecule has 0 aliphatic carbocycles. The summed E-state index contributed by atoms with van der Waals surface area (Å²) in [5.41, 5.74) is 1.64. The first kappa shape index (κ1) is 14.8. The SMILES string of the molecule is CC(Nc1cc(C#N)ccc1Cl)c1ccccc1[N+](=O)[O-]. The van der Waals surface area contributed by atoms with Crippen LogP contribution in [0.4, 0.5) is 11.4 Å². The normalized spacial score (nSPS) is 11.5. The van der Waals surface area contributed by atoms with E-state index in [2.05, 4.69) is 5.32 Å². The first-order valence-electron chi connectivity index (χ1n) is 6.22. The van der Waals surface area contributed by atoms with Gasteiger partial charge in [-0.05, 0) is 25.1 Å². The Balaban J connectivity index is 2.33. The number of nitrogens with one attached hydrogen (secondary N) is 1. The number of halogens is 1. The van der Waals surface area contributed by atoms with Crippen molar-refractivity contribution in [2.45, 2.75) is 13.0 Å². The van der Waals surface area contributed by atoms with Crippen molar-refractivity contribution in [3.8, 4) is 6.07 Å². The molecule has 2 rings (SSSR count). The van der Waals surface area contributed by atoms with Crippen molar-refractivity contribution >= 4 is 23.0 Å². The second-order valence-electron chi connectivity index (χ2n) is 4.49. The third-order valence-corrected chi connectivity index (χ3v) is 3.40. The standard InChI is InChI=1S/C15H12ClN3O2/c1-10(12-4-2-3-5-15(12)19(20)21)18-14-8-11(9-17)6-7-13(14)16/h2-8,10,18H,1H3. The Morgan fingerprint density at radius 1 is 1.33 bits per heavy atom. The molecule has 2 aromatic carbocycles.